The van der Waals surface area contributed by atoms with Crippen LogP contribution < -0.4 is 9.47 Å². The van der Waals surface area contributed by atoms with Crippen LogP contribution in [-0.4, -0.2) is 40.6 Å². The van der Waals surface area contributed by atoms with E-state index in [1.165, 1.54) is 0 Å². The first-order chi connectivity index (χ1) is 12.7. The van der Waals surface area contributed by atoms with Crippen LogP contribution in [0.1, 0.15) is 25.7 Å². The van der Waals surface area contributed by atoms with Crippen LogP contribution >= 0.6 is 11.6 Å². The van der Waals surface area contributed by atoms with Gasteiger partial charge in [0.2, 0.25) is 0 Å². The van der Waals surface area contributed by atoms with Crippen LogP contribution in [0.2, 0.25) is 5.02 Å². The van der Waals surface area contributed by atoms with Crippen LogP contribution in [0.5, 0.6) is 11.5 Å². The third kappa shape index (κ3) is 3.78. The quantitative estimate of drug-likeness (QED) is 0.802. The molecule has 0 saturated carbocycles. The molecule has 0 spiro atoms. The molecule has 1 amide bonds. The molecule has 2 atom stereocenters. The SMILES string of the molecule is O=C(COc1ccc(Cl)cc1)N1C2CCC1CC(Oc1ccncc1)C2. The van der Waals surface area contributed by atoms with E-state index in [-0.39, 0.29) is 30.7 Å². The van der Waals surface area contributed by atoms with Gasteiger partial charge in [0.05, 0.1) is 0 Å². The summed E-state index contributed by atoms with van der Waals surface area (Å²) in [5.74, 6) is 1.55. The number of ether oxygens (including phenoxy) is 2. The van der Waals surface area contributed by atoms with Crippen molar-refractivity contribution in [1.82, 2.24) is 9.88 Å². The minimum Gasteiger partial charge on any atom is -0.490 e. The molecule has 2 bridgehead atoms. The van der Waals surface area contributed by atoms with E-state index < -0.39 is 0 Å². The Hall–Kier alpha value is -2.27. The highest BCUT2D eigenvalue weighted by Gasteiger charge is 2.44. The van der Waals surface area contributed by atoms with Gasteiger partial charge in [-0.05, 0) is 49.2 Å². The topological polar surface area (TPSA) is 51.7 Å². The van der Waals surface area contributed by atoms with E-state index in [0.717, 1.165) is 31.4 Å². The van der Waals surface area contributed by atoms with Crippen LogP contribution in [0.3, 0.4) is 0 Å². The minimum atomic E-state index is 0.0508. The number of halogens is 1. The van der Waals surface area contributed by atoms with E-state index in [1.54, 1.807) is 36.7 Å². The molecule has 2 aliphatic heterocycles. The Morgan fingerprint density at radius 3 is 2.35 bits per heavy atom. The Morgan fingerprint density at radius 2 is 1.69 bits per heavy atom. The molecule has 2 aromatic rings. The lowest BCUT2D eigenvalue weighted by Crippen LogP contribution is -2.50. The van der Waals surface area contributed by atoms with Crippen molar-refractivity contribution in [2.24, 2.45) is 0 Å². The van der Waals surface area contributed by atoms with E-state index in [1.807, 2.05) is 17.0 Å². The Balaban J connectivity index is 1.34. The summed E-state index contributed by atoms with van der Waals surface area (Å²) in [4.78, 5) is 18.7. The van der Waals surface area contributed by atoms with Crippen molar-refractivity contribution in [3.63, 3.8) is 0 Å². The van der Waals surface area contributed by atoms with E-state index in [0.29, 0.717) is 10.8 Å². The molecule has 3 heterocycles. The molecule has 6 heteroatoms. The van der Waals surface area contributed by atoms with Crippen molar-refractivity contribution < 1.29 is 14.3 Å². The number of pyridine rings is 1. The number of benzene rings is 1. The van der Waals surface area contributed by atoms with Crippen LogP contribution in [0.25, 0.3) is 0 Å². The predicted octanol–water partition coefficient (Wildman–Crippen LogP) is 3.71. The first kappa shape index (κ1) is 17.2. The summed E-state index contributed by atoms with van der Waals surface area (Å²) in [7, 11) is 0. The fourth-order valence-electron chi connectivity index (χ4n) is 3.99. The van der Waals surface area contributed by atoms with Gasteiger partial charge in [0.15, 0.2) is 6.61 Å². The van der Waals surface area contributed by atoms with Gasteiger partial charge in [-0.15, -0.1) is 0 Å². The number of aromatic nitrogens is 1. The van der Waals surface area contributed by atoms with Crippen LogP contribution in [0, 0.1) is 0 Å². The molecule has 2 fully saturated rings. The lowest BCUT2D eigenvalue weighted by molar-refractivity contribution is -0.139. The highest BCUT2D eigenvalue weighted by atomic mass is 35.5. The standard InChI is InChI=1S/C20H21ClN2O3/c21-14-1-5-17(6-2-14)25-13-20(24)23-15-3-4-16(23)12-19(11-15)26-18-7-9-22-10-8-18/h1-2,5-10,15-16,19H,3-4,11-13H2. The highest BCUT2D eigenvalue weighted by molar-refractivity contribution is 6.30. The van der Waals surface area contributed by atoms with Gasteiger partial charge in [0.1, 0.15) is 17.6 Å². The zero-order valence-electron chi connectivity index (χ0n) is 14.4. The Labute approximate surface area is 157 Å². The highest BCUT2D eigenvalue weighted by Crippen LogP contribution is 2.37. The number of nitrogens with zero attached hydrogens (tertiary/aromatic N) is 2. The molecule has 0 aliphatic carbocycles. The molecule has 2 unspecified atom stereocenters. The number of hydrogen-bond acceptors (Lipinski definition) is 4. The van der Waals surface area contributed by atoms with Crippen LogP contribution in [-0.2, 0) is 4.79 Å². The fourth-order valence-corrected chi connectivity index (χ4v) is 4.12. The van der Waals surface area contributed by atoms with Gasteiger partial charge in [0.25, 0.3) is 5.91 Å². The summed E-state index contributed by atoms with van der Waals surface area (Å²) in [5.41, 5.74) is 0. The maximum Gasteiger partial charge on any atom is 0.261 e. The average Bonchev–Trinajstić information content (AvgIpc) is 2.93. The molecule has 26 heavy (non-hydrogen) atoms. The largest absolute Gasteiger partial charge is 0.490 e. The normalized spacial score (nSPS) is 24.3. The summed E-state index contributed by atoms with van der Waals surface area (Å²) in [6, 6.07) is 11.3. The Bertz CT molecular complexity index is 739. The van der Waals surface area contributed by atoms with E-state index >= 15 is 0 Å². The first-order valence-electron chi connectivity index (χ1n) is 8.95. The van der Waals surface area contributed by atoms with Crippen molar-refractivity contribution in [2.75, 3.05) is 6.61 Å². The number of piperidine rings is 1. The lowest BCUT2D eigenvalue weighted by Gasteiger charge is -2.38. The van der Waals surface area contributed by atoms with Gasteiger partial charge >= 0.3 is 0 Å². The van der Waals surface area contributed by atoms with Crippen molar-refractivity contribution >= 4 is 17.5 Å². The molecule has 0 radical (unpaired) electrons. The monoisotopic (exact) mass is 372 g/mol. The molecule has 136 valence electrons. The molecule has 1 aromatic carbocycles. The zero-order chi connectivity index (χ0) is 17.9. The van der Waals surface area contributed by atoms with Crippen LogP contribution in [0.4, 0.5) is 0 Å². The maximum atomic E-state index is 12.7. The summed E-state index contributed by atoms with van der Waals surface area (Å²) >= 11 is 5.87. The molecule has 0 N–H and O–H groups in total. The second-order valence-corrected chi connectivity index (χ2v) is 7.26. The summed E-state index contributed by atoms with van der Waals surface area (Å²) in [6.07, 6.45) is 7.42. The van der Waals surface area contributed by atoms with Gasteiger partial charge in [-0.2, -0.15) is 0 Å². The van der Waals surface area contributed by atoms with Gasteiger partial charge < -0.3 is 14.4 Å². The lowest BCUT2D eigenvalue weighted by atomic mass is 9.99. The molecule has 1 aromatic heterocycles. The molecular formula is C20H21ClN2O3. The number of hydrogen-bond donors (Lipinski definition) is 0. The fraction of sp³-hybridized carbons (Fsp3) is 0.400. The smallest absolute Gasteiger partial charge is 0.261 e. The molecular weight excluding hydrogens is 352 g/mol. The predicted molar refractivity (Wildman–Crippen MR) is 98.5 cm³/mol. The number of amides is 1. The second-order valence-electron chi connectivity index (χ2n) is 6.82. The van der Waals surface area contributed by atoms with Crippen molar-refractivity contribution in [2.45, 2.75) is 43.9 Å². The summed E-state index contributed by atoms with van der Waals surface area (Å²) in [6.45, 7) is 0.0600. The Kier molecular flexibility index (Phi) is 4.98. The maximum absolute atomic E-state index is 12.7. The Morgan fingerprint density at radius 1 is 1.04 bits per heavy atom. The van der Waals surface area contributed by atoms with Crippen molar-refractivity contribution in [3.05, 3.63) is 53.8 Å². The van der Waals surface area contributed by atoms with Gasteiger partial charge in [0, 0.05) is 42.3 Å². The number of fused-ring (bicyclic) bond motifs is 2. The van der Waals surface area contributed by atoms with Gasteiger partial charge in [-0.3, -0.25) is 9.78 Å². The molecule has 5 nitrogen and oxygen atoms in total. The third-order valence-electron chi connectivity index (χ3n) is 5.11. The third-order valence-corrected chi connectivity index (χ3v) is 5.36. The second kappa shape index (κ2) is 7.54. The first-order valence-corrected chi connectivity index (χ1v) is 9.33. The average molecular weight is 373 g/mol. The van der Waals surface area contributed by atoms with Gasteiger partial charge in [-0.1, -0.05) is 11.6 Å². The van der Waals surface area contributed by atoms with Crippen LogP contribution in [0.15, 0.2) is 48.8 Å². The van der Waals surface area contributed by atoms with Crippen molar-refractivity contribution in [1.29, 1.82) is 0 Å². The van der Waals surface area contributed by atoms with Gasteiger partial charge in [-0.25, -0.2) is 0 Å². The van der Waals surface area contributed by atoms with Crippen molar-refractivity contribution in [3.8, 4) is 11.5 Å². The molecule has 2 saturated heterocycles. The number of carbonyl (C=O) groups excluding carboxylic acids is 1. The number of carbonyl (C=O) groups is 1. The van der Waals surface area contributed by atoms with E-state index in [9.17, 15) is 4.79 Å². The minimum absolute atomic E-state index is 0.0508. The zero-order valence-corrected chi connectivity index (χ0v) is 15.1. The summed E-state index contributed by atoms with van der Waals surface area (Å²) < 4.78 is 11.7. The van der Waals surface area contributed by atoms with E-state index in [2.05, 4.69) is 4.98 Å². The van der Waals surface area contributed by atoms with E-state index in [4.69, 9.17) is 21.1 Å². The summed E-state index contributed by atoms with van der Waals surface area (Å²) in [5, 5.41) is 0.651. The number of rotatable bonds is 5. The molecule has 4 rings (SSSR count). The molecule has 2 aliphatic rings.